The monoisotopic (exact) mass is 217 g/mol. The molecular weight excluding hydrogens is 200 g/mol. The molecule has 1 radical (unpaired) electrons. The van der Waals surface area contributed by atoms with Gasteiger partial charge in [0.05, 0.1) is 6.42 Å². The van der Waals surface area contributed by atoms with Crippen molar-refractivity contribution in [2.24, 2.45) is 0 Å². The standard InChI is InChI=1S/C9H17N2O2S/c1-10-8(12)4-3-6-14-7-5-9(13)11-2/h5H,3-4,6-7H2,1-2H3,(H,10,12)(H,11,13). The lowest BCUT2D eigenvalue weighted by atomic mass is 10.3. The molecule has 5 heteroatoms. The normalized spacial score (nSPS) is 9.57. The maximum absolute atomic E-state index is 10.8. The van der Waals surface area contributed by atoms with Crippen LogP contribution in [0.5, 0.6) is 0 Å². The number of hydrogen-bond donors (Lipinski definition) is 2. The summed E-state index contributed by atoms with van der Waals surface area (Å²) in [6.45, 7) is 0. The molecule has 14 heavy (non-hydrogen) atoms. The van der Waals surface area contributed by atoms with Crippen molar-refractivity contribution in [3.05, 3.63) is 6.42 Å². The third kappa shape index (κ3) is 7.91. The molecule has 0 heterocycles. The predicted octanol–water partition coefficient (Wildman–Crippen LogP) is 0.196. The van der Waals surface area contributed by atoms with Gasteiger partial charge in [-0.3, -0.25) is 9.59 Å². The summed E-state index contributed by atoms with van der Waals surface area (Å²) in [5.41, 5.74) is 0. The van der Waals surface area contributed by atoms with Gasteiger partial charge in [-0.15, -0.1) is 0 Å². The van der Waals surface area contributed by atoms with Crippen LogP contribution in [0.25, 0.3) is 0 Å². The molecule has 0 aromatic heterocycles. The van der Waals surface area contributed by atoms with E-state index in [1.54, 1.807) is 32.3 Å². The zero-order chi connectivity index (χ0) is 10.8. The van der Waals surface area contributed by atoms with E-state index in [9.17, 15) is 9.59 Å². The third-order valence-corrected chi connectivity index (χ3v) is 2.58. The Morgan fingerprint density at radius 3 is 2.57 bits per heavy atom. The van der Waals surface area contributed by atoms with Crippen molar-refractivity contribution >= 4 is 23.6 Å². The van der Waals surface area contributed by atoms with Crippen molar-refractivity contribution in [2.45, 2.75) is 12.8 Å². The van der Waals surface area contributed by atoms with E-state index < -0.39 is 0 Å². The second kappa shape index (κ2) is 8.87. The molecule has 0 aliphatic rings. The zero-order valence-corrected chi connectivity index (χ0v) is 9.45. The smallest absolute Gasteiger partial charge is 0.224 e. The number of thioether (sulfide) groups is 1. The van der Waals surface area contributed by atoms with Crippen molar-refractivity contribution in [3.8, 4) is 0 Å². The molecule has 0 aliphatic carbocycles. The van der Waals surface area contributed by atoms with Gasteiger partial charge in [-0.1, -0.05) is 0 Å². The summed E-state index contributed by atoms with van der Waals surface area (Å²) in [7, 11) is 3.24. The first kappa shape index (κ1) is 13.3. The molecule has 0 fully saturated rings. The predicted molar refractivity (Wildman–Crippen MR) is 59.0 cm³/mol. The Labute approximate surface area is 89.2 Å². The minimum Gasteiger partial charge on any atom is -0.359 e. The van der Waals surface area contributed by atoms with E-state index in [1.807, 2.05) is 0 Å². The first-order chi connectivity index (χ1) is 6.70. The van der Waals surface area contributed by atoms with Crippen molar-refractivity contribution in [3.63, 3.8) is 0 Å². The highest BCUT2D eigenvalue weighted by Crippen LogP contribution is 2.05. The third-order valence-electron chi connectivity index (χ3n) is 1.60. The lowest BCUT2D eigenvalue weighted by Gasteiger charge is -2.00. The summed E-state index contributed by atoms with van der Waals surface area (Å²) in [4.78, 5) is 21.6. The van der Waals surface area contributed by atoms with Gasteiger partial charge in [0.15, 0.2) is 0 Å². The Hall–Kier alpha value is -0.710. The van der Waals surface area contributed by atoms with E-state index in [0.29, 0.717) is 12.2 Å². The van der Waals surface area contributed by atoms with E-state index in [2.05, 4.69) is 10.6 Å². The van der Waals surface area contributed by atoms with Gasteiger partial charge in [-0.25, -0.2) is 0 Å². The van der Waals surface area contributed by atoms with Crippen LogP contribution in [0.1, 0.15) is 12.8 Å². The van der Waals surface area contributed by atoms with Crippen LogP contribution in [0, 0.1) is 6.42 Å². The topological polar surface area (TPSA) is 58.2 Å². The Bertz CT molecular complexity index is 166. The highest BCUT2D eigenvalue weighted by atomic mass is 32.2. The Kier molecular flexibility index (Phi) is 8.42. The summed E-state index contributed by atoms with van der Waals surface area (Å²) in [5.74, 6) is 1.62. The van der Waals surface area contributed by atoms with Crippen molar-refractivity contribution < 1.29 is 9.59 Å². The molecule has 0 saturated heterocycles. The number of carbonyl (C=O) groups is 2. The number of hydrogen-bond acceptors (Lipinski definition) is 3. The second-order valence-corrected chi connectivity index (χ2v) is 3.82. The second-order valence-electron chi connectivity index (χ2n) is 2.67. The van der Waals surface area contributed by atoms with Crippen molar-refractivity contribution in [1.82, 2.24) is 10.6 Å². The maximum atomic E-state index is 10.8. The van der Waals surface area contributed by atoms with E-state index in [4.69, 9.17) is 0 Å². The molecule has 0 bridgehead atoms. The molecule has 0 unspecified atom stereocenters. The number of rotatable bonds is 7. The fourth-order valence-electron chi connectivity index (χ4n) is 0.780. The molecule has 0 aliphatic heterocycles. The summed E-state index contributed by atoms with van der Waals surface area (Å²) in [6.07, 6.45) is 3.01. The Morgan fingerprint density at radius 1 is 1.29 bits per heavy atom. The SMILES string of the molecule is CNC(=O)[CH]CSCCCC(=O)NC. The molecule has 0 saturated carbocycles. The average molecular weight is 217 g/mol. The molecule has 2 N–H and O–H groups in total. The van der Waals surface area contributed by atoms with Gasteiger partial charge < -0.3 is 10.6 Å². The summed E-state index contributed by atoms with van der Waals surface area (Å²) >= 11 is 1.65. The zero-order valence-electron chi connectivity index (χ0n) is 8.63. The lowest BCUT2D eigenvalue weighted by molar-refractivity contribution is -0.120. The van der Waals surface area contributed by atoms with E-state index in [1.165, 1.54) is 0 Å². The Morgan fingerprint density at radius 2 is 2.00 bits per heavy atom. The number of amides is 2. The van der Waals surface area contributed by atoms with Gasteiger partial charge in [-0.05, 0) is 12.2 Å². The Balaban J connectivity index is 3.14. The summed E-state index contributed by atoms with van der Waals surface area (Å²) < 4.78 is 0. The van der Waals surface area contributed by atoms with Crippen LogP contribution in [0.3, 0.4) is 0 Å². The maximum Gasteiger partial charge on any atom is 0.224 e. The number of carbonyl (C=O) groups excluding carboxylic acids is 2. The van der Waals surface area contributed by atoms with Gasteiger partial charge in [0.25, 0.3) is 0 Å². The number of nitrogens with one attached hydrogen (secondary N) is 2. The van der Waals surface area contributed by atoms with Gasteiger partial charge in [0.1, 0.15) is 0 Å². The van der Waals surface area contributed by atoms with Crippen LogP contribution in [0.2, 0.25) is 0 Å². The van der Waals surface area contributed by atoms with E-state index in [0.717, 1.165) is 12.2 Å². The fourth-order valence-corrected chi connectivity index (χ4v) is 1.56. The van der Waals surface area contributed by atoms with Crippen molar-refractivity contribution in [2.75, 3.05) is 25.6 Å². The van der Waals surface area contributed by atoms with Gasteiger partial charge in [-0.2, -0.15) is 11.8 Å². The molecule has 0 spiro atoms. The highest BCUT2D eigenvalue weighted by molar-refractivity contribution is 7.99. The molecule has 2 amide bonds. The van der Waals surface area contributed by atoms with Crippen LogP contribution in [-0.2, 0) is 9.59 Å². The molecule has 0 rings (SSSR count). The largest absolute Gasteiger partial charge is 0.359 e. The lowest BCUT2D eigenvalue weighted by Crippen LogP contribution is -2.19. The van der Waals surface area contributed by atoms with Crippen LogP contribution in [0.4, 0.5) is 0 Å². The van der Waals surface area contributed by atoms with Gasteiger partial charge >= 0.3 is 0 Å². The van der Waals surface area contributed by atoms with Gasteiger partial charge in [0, 0.05) is 26.3 Å². The first-order valence-corrected chi connectivity index (χ1v) is 5.69. The van der Waals surface area contributed by atoms with E-state index in [-0.39, 0.29) is 11.8 Å². The summed E-state index contributed by atoms with van der Waals surface area (Å²) in [5, 5.41) is 5.07. The molecule has 4 nitrogen and oxygen atoms in total. The molecule has 0 atom stereocenters. The minimum atomic E-state index is -0.0520. The fraction of sp³-hybridized carbons (Fsp3) is 0.667. The van der Waals surface area contributed by atoms with Crippen LogP contribution < -0.4 is 10.6 Å². The van der Waals surface area contributed by atoms with Crippen LogP contribution in [-0.4, -0.2) is 37.4 Å². The van der Waals surface area contributed by atoms with E-state index >= 15 is 0 Å². The van der Waals surface area contributed by atoms with Crippen molar-refractivity contribution in [1.29, 1.82) is 0 Å². The first-order valence-electron chi connectivity index (χ1n) is 4.54. The van der Waals surface area contributed by atoms with Crippen LogP contribution >= 0.6 is 11.8 Å². The molecule has 0 aromatic rings. The molecule has 81 valence electrons. The highest BCUT2D eigenvalue weighted by Gasteiger charge is 1.99. The summed E-state index contributed by atoms with van der Waals surface area (Å²) in [6, 6.07) is 0. The van der Waals surface area contributed by atoms with Crippen LogP contribution in [0.15, 0.2) is 0 Å². The quantitative estimate of drug-likeness (QED) is 0.599. The average Bonchev–Trinajstić information content (AvgIpc) is 2.22. The van der Waals surface area contributed by atoms with Gasteiger partial charge in [0.2, 0.25) is 11.8 Å². The molecule has 0 aromatic carbocycles. The molecular formula is C9H17N2O2S. The minimum absolute atomic E-state index is 0.0520.